The Hall–Kier alpha value is -0.970. The summed E-state index contributed by atoms with van der Waals surface area (Å²) >= 11 is 5.59. The summed E-state index contributed by atoms with van der Waals surface area (Å²) in [6.07, 6.45) is -2.58. The monoisotopic (exact) mass is 236 g/mol. The first-order valence-corrected chi connectivity index (χ1v) is 4.85. The van der Waals surface area contributed by atoms with E-state index in [0.717, 1.165) is 10.6 Å². The quantitative estimate of drug-likeness (QED) is 0.755. The summed E-state index contributed by atoms with van der Waals surface area (Å²) in [7, 11) is 0. The zero-order chi connectivity index (χ0) is 11.6. The van der Waals surface area contributed by atoms with Crippen molar-refractivity contribution in [3.8, 4) is 0 Å². The summed E-state index contributed by atoms with van der Waals surface area (Å²) < 4.78 is 25.4. The predicted octanol–water partition coefficient (Wildman–Crippen LogP) is 2.29. The number of rotatable bonds is 3. The maximum absolute atomic E-state index is 12.2. The molecule has 0 atom stereocenters. The van der Waals surface area contributed by atoms with Crippen molar-refractivity contribution in [2.24, 2.45) is 0 Å². The van der Waals surface area contributed by atoms with Gasteiger partial charge in [0, 0.05) is 12.0 Å². The van der Waals surface area contributed by atoms with Crippen LogP contribution in [-0.4, -0.2) is 16.0 Å². The Morgan fingerprint density at radius 3 is 2.60 bits per heavy atom. The fraction of sp³-hybridized carbons (Fsp3) is 0.556. The fourth-order valence-corrected chi connectivity index (χ4v) is 1.44. The van der Waals surface area contributed by atoms with E-state index in [2.05, 4.69) is 4.98 Å². The molecule has 1 aromatic heterocycles. The summed E-state index contributed by atoms with van der Waals surface area (Å²) in [4.78, 5) is 15.3. The van der Waals surface area contributed by atoms with Crippen LogP contribution in [0.4, 0.5) is 8.78 Å². The Labute approximate surface area is 90.7 Å². The van der Waals surface area contributed by atoms with Crippen LogP contribution in [0.2, 0.25) is 5.15 Å². The summed E-state index contributed by atoms with van der Waals surface area (Å²) in [5.41, 5.74) is -0.543. The van der Waals surface area contributed by atoms with Gasteiger partial charge >= 0.3 is 0 Å². The number of aromatic nitrogens is 2. The highest BCUT2D eigenvalue weighted by molar-refractivity contribution is 6.29. The SMILES string of the molecule is CC(C)c1nc(Cl)cc(=O)n1CC(F)F. The van der Waals surface area contributed by atoms with Crippen LogP contribution in [-0.2, 0) is 6.54 Å². The number of hydrogen-bond donors (Lipinski definition) is 0. The molecule has 0 spiro atoms. The number of hydrogen-bond acceptors (Lipinski definition) is 2. The molecule has 0 aliphatic carbocycles. The van der Waals surface area contributed by atoms with Crippen molar-refractivity contribution >= 4 is 11.6 Å². The Morgan fingerprint density at radius 2 is 2.13 bits per heavy atom. The molecule has 0 amide bonds. The maximum atomic E-state index is 12.2. The van der Waals surface area contributed by atoms with E-state index in [1.54, 1.807) is 13.8 Å². The van der Waals surface area contributed by atoms with Gasteiger partial charge in [-0.1, -0.05) is 25.4 Å². The van der Waals surface area contributed by atoms with Gasteiger partial charge in [0.15, 0.2) is 0 Å². The third-order valence-corrected chi connectivity index (χ3v) is 2.04. The minimum atomic E-state index is -2.58. The smallest absolute Gasteiger partial charge is 0.256 e. The third-order valence-electron chi connectivity index (χ3n) is 1.84. The molecule has 0 aromatic carbocycles. The average Bonchev–Trinajstić information content (AvgIpc) is 2.08. The van der Waals surface area contributed by atoms with Crippen LogP contribution < -0.4 is 5.56 Å². The van der Waals surface area contributed by atoms with Crippen molar-refractivity contribution in [2.45, 2.75) is 32.7 Å². The lowest BCUT2D eigenvalue weighted by Crippen LogP contribution is -2.27. The van der Waals surface area contributed by atoms with Crippen molar-refractivity contribution in [3.63, 3.8) is 0 Å². The van der Waals surface area contributed by atoms with Gasteiger partial charge in [0.1, 0.15) is 11.0 Å². The first kappa shape index (κ1) is 12.1. The molecule has 1 heterocycles. The Kier molecular flexibility index (Phi) is 3.79. The molecule has 0 fully saturated rings. The molecule has 6 heteroatoms. The fourth-order valence-electron chi connectivity index (χ4n) is 1.26. The van der Waals surface area contributed by atoms with Gasteiger partial charge in [-0.05, 0) is 0 Å². The lowest BCUT2D eigenvalue weighted by atomic mass is 10.2. The van der Waals surface area contributed by atoms with E-state index in [-0.39, 0.29) is 16.9 Å². The van der Waals surface area contributed by atoms with Gasteiger partial charge < -0.3 is 0 Å². The molecule has 0 saturated carbocycles. The molecule has 0 unspecified atom stereocenters. The van der Waals surface area contributed by atoms with Crippen LogP contribution in [0, 0.1) is 0 Å². The summed E-state index contributed by atoms with van der Waals surface area (Å²) in [6, 6.07) is 1.04. The molecule has 0 radical (unpaired) electrons. The van der Waals surface area contributed by atoms with Gasteiger partial charge in [0.2, 0.25) is 0 Å². The second kappa shape index (κ2) is 4.70. The van der Waals surface area contributed by atoms with E-state index in [1.807, 2.05) is 0 Å². The molecule has 0 N–H and O–H groups in total. The lowest BCUT2D eigenvalue weighted by Gasteiger charge is -2.13. The van der Waals surface area contributed by atoms with Gasteiger partial charge in [0.25, 0.3) is 12.0 Å². The Balaban J connectivity index is 3.27. The Bertz CT molecular complexity index is 404. The van der Waals surface area contributed by atoms with Crippen LogP contribution in [0.15, 0.2) is 10.9 Å². The highest BCUT2D eigenvalue weighted by Crippen LogP contribution is 2.13. The number of halogens is 3. The third kappa shape index (κ3) is 2.99. The van der Waals surface area contributed by atoms with Gasteiger partial charge in [-0.2, -0.15) is 0 Å². The molecule has 1 rings (SSSR count). The van der Waals surface area contributed by atoms with E-state index < -0.39 is 18.5 Å². The average molecular weight is 237 g/mol. The topological polar surface area (TPSA) is 34.9 Å². The summed E-state index contributed by atoms with van der Waals surface area (Å²) in [6.45, 7) is 2.89. The molecule has 1 aromatic rings. The molecular formula is C9H11ClF2N2O. The van der Waals surface area contributed by atoms with Crippen molar-refractivity contribution in [2.75, 3.05) is 0 Å². The second-order valence-corrected chi connectivity index (χ2v) is 3.82. The minimum Gasteiger partial charge on any atom is -0.291 e. The molecule has 0 bridgehead atoms. The second-order valence-electron chi connectivity index (χ2n) is 3.43. The predicted molar refractivity (Wildman–Crippen MR) is 53.6 cm³/mol. The number of nitrogens with zero attached hydrogens (tertiary/aromatic N) is 2. The van der Waals surface area contributed by atoms with E-state index in [9.17, 15) is 13.6 Å². The summed E-state index contributed by atoms with van der Waals surface area (Å²) in [5, 5.41) is 0.0363. The molecule has 84 valence electrons. The molecule has 3 nitrogen and oxygen atoms in total. The van der Waals surface area contributed by atoms with Gasteiger partial charge in [-0.25, -0.2) is 13.8 Å². The van der Waals surface area contributed by atoms with Crippen LogP contribution in [0.5, 0.6) is 0 Å². The molecule has 0 aliphatic heterocycles. The van der Waals surface area contributed by atoms with Crippen molar-refractivity contribution in [1.29, 1.82) is 0 Å². The van der Waals surface area contributed by atoms with E-state index >= 15 is 0 Å². The molecule has 15 heavy (non-hydrogen) atoms. The molecule has 0 aliphatic rings. The highest BCUT2D eigenvalue weighted by atomic mass is 35.5. The zero-order valence-electron chi connectivity index (χ0n) is 8.38. The van der Waals surface area contributed by atoms with Crippen LogP contribution in [0.25, 0.3) is 0 Å². The highest BCUT2D eigenvalue weighted by Gasteiger charge is 2.14. The lowest BCUT2D eigenvalue weighted by molar-refractivity contribution is 0.123. The first-order chi connectivity index (χ1) is 6.91. The Morgan fingerprint density at radius 1 is 1.53 bits per heavy atom. The zero-order valence-corrected chi connectivity index (χ0v) is 9.13. The minimum absolute atomic E-state index is 0.0363. The number of alkyl halides is 2. The first-order valence-electron chi connectivity index (χ1n) is 4.47. The van der Waals surface area contributed by atoms with Gasteiger partial charge in [0.05, 0.1) is 6.54 Å². The normalized spacial score (nSPS) is 11.4. The maximum Gasteiger partial charge on any atom is 0.256 e. The standard InChI is InChI=1S/C9H11ClF2N2O/c1-5(2)9-13-6(10)3-8(15)14(9)4-7(11)12/h3,5,7H,4H2,1-2H3. The largest absolute Gasteiger partial charge is 0.291 e. The van der Waals surface area contributed by atoms with Crippen molar-refractivity contribution in [3.05, 3.63) is 27.4 Å². The van der Waals surface area contributed by atoms with Crippen molar-refractivity contribution < 1.29 is 8.78 Å². The van der Waals surface area contributed by atoms with Gasteiger partial charge in [-0.3, -0.25) is 9.36 Å². The summed E-state index contributed by atoms with van der Waals surface area (Å²) in [5.74, 6) is 0.156. The van der Waals surface area contributed by atoms with Crippen LogP contribution in [0.1, 0.15) is 25.6 Å². The van der Waals surface area contributed by atoms with Crippen LogP contribution >= 0.6 is 11.6 Å². The van der Waals surface area contributed by atoms with Gasteiger partial charge in [-0.15, -0.1) is 0 Å². The van der Waals surface area contributed by atoms with E-state index in [4.69, 9.17) is 11.6 Å². The van der Waals surface area contributed by atoms with Crippen LogP contribution in [0.3, 0.4) is 0 Å². The van der Waals surface area contributed by atoms with Crippen molar-refractivity contribution in [1.82, 2.24) is 9.55 Å². The molecule has 0 saturated heterocycles. The van der Waals surface area contributed by atoms with E-state index in [1.165, 1.54) is 0 Å². The molecular weight excluding hydrogens is 226 g/mol. The van der Waals surface area contributed by atoms with E-state index in [0.29, 0.717) is 0 Å².